The van der Waals surface area contributed by atoms with Crippen molar-refractivity contribution in [1.82, 2.24) is 0 Å². The van der Waals surface area contributed by atoms with Crippen LogP contribution in [0.1, 0.15) is 32.1 Å². The van der Waals surface area contributed by atoms with Crippen LogP contribution >= 0.6 is 12.0 Å². The van der Waals surface area contributed by atoms with Gasteiger partial charge < -0.3 is 11.1 Å². The highest BCUT2D eigenvalue weighted by Crippen LogP contribution is 2.29. The van der Waals surface area contributed by atoms with Crippen LogP contribution in [0.15, 0.2) is 23.1 Å². The maximum Gasteiger partial charge on any atom is 0.0703 e. The van der Waals surface area contributed by atoms with Gasteiger partial charge in [0.1, 0.15) is 0 Å². The third kappa shape index (κ3) is 3.78. The van der Waals surface area contributed by atoms with Crippen LogP contribution < -0.4 is 16.9 Å². The molecule has 5 nitrogen and oxygen atoms in total. The van der Waals surface area contributed by atoms with Gasteiger partial charge in [-0.15, -0.1) is 9.32 Å². The first kappa shape index (κ1) is 13.5. The molecule has 5 N–H and O–H groups in total. The molecule has 0 heterocycles. The van der Waals surface area contributed by atoms with E-state index >= 15 is 0 Å². The fraction of sp³-hybridized carbons (Fsp3) is 0.500. The van der Waals surface area contributed by atoms with Crippen molar-refractivity contribution in [3.05, 3.63) is 18.2 Å². The summed E-state index contributed by atoms with van der Waals surface area (Å²) in [6, 6.07) is 6.27. The zero-order valence-electron chi connectivity index (χ0n) is 10.2. The molecule has 1 aliphatic rings. The van der Waals surface area contributed by atoms with Crippen LogP contribution in [-0.2, 0) is 9.32 Å². The molecule has 6 heteroatoms. The molecule has 0 aromatic heterocycles. The molecule has 2 rings (SSSR count). The number of anilines is 2. The summed E-state index contributed by atoms with van der Waals surface area (Å²) in [5.41, 5.74) is 7.71. The molecule has 0 atom stereocenters. The Balaban J connectivity index is 1.95. The summed E-state index contributed by atoms with van der Waals surface area (Å²) in [6.07, 6.45) is 6.39. The Morgan fingerprint density at radius 1 is 1.22 bits per heavy atom. The van der Waals surface area contributed by atoms with Crippen LogP contribution in [0.2, 0.25) is 0 Å². The minimum absolute atomic E-state index is 0.545. The molecule has 1 aromatic rings. The van der Waals surface area contributed by atoms with Gasteiger partial charge >= 0.3 is 0 Å². The van der Waals surface area contributed by atoms with Gasteiger partial charge in [0.05, 0.1) is 23.4 Å². The number of benzene rings is 1. The molecule has 1 aliphatic carbocycles. The second-order valence-electron chi connectivity index (χ2n) is 4.48. The number of nitrogen functional groups attached to an aromatic ring is 1. The summed E-state index contributed by atoms with van der Waals surface area (Å²) in [5.74, 6) is 4.78. The first-order valence-corrected chi connectivity index (χ1v) is 6.90. The topological polar surface area (TPSA) is 82.5 Å². The number of nitrogens with two attached hydrogens (primary N) is 2. The van der Waals surface area contributed by atoms with Crippen molar-refractivity contribution in [3.8, 4) is 0 Å². The third-order valence-corrected chi connectivity index (χ3v) is 3.75. The van der Waals surface area contributed by atoms with E-state index in [2.05, 4.69) is 14.6 Å². The lowest BCUT2D eigenvalue weighted by Crippen LogP contribution is -2.22. The zero-order chi connectivity index (χ0) is 12.8. The van der Waals surface area contributed by atoms with E-state index in [1.165, 1.54) is 32.1 Å². The molecule has 1 saturated carbocycles. The Labute approximate surface area is 111 Å². The van der Waals surface area contributed by atoms with E-state index in [0.29, 0.717) is 11.7 Å². The lowest BCUT2D eigenvalue weighted by molar-refractivity contribution is -0.195. The molecule has 0 amide bonds. The van der Waals surface area contributed by atoms with Gasteiger partial charge in [0, 0.05) is 10.9 Å². The van der Waals surface area contributed by atoms with Crippen molar-refractivity contribution in [3.63, 3.8) is 0 Å². The lowest BCUT2D eigenvalue weighted by atomic mass is 9.95. The van der Waals surface area contributed by atoms with E-state index in [9.17, 15) is 0 Å². The maximum atomic E-state index is 6.01. The molecular weight excluding hydrogens is 250 g/mol. The normalized spacial score (nSPS) is 16.7. The highest BCUT2D eigenvalue weighted by molar-refractivity contribution is 7.94. The summed E-state index contributed by atoms with van der Waals surface area (Å²) in [5, 5.41) is 3.50. The second kappa shape index (κ2) is 6.84. The molecule has 1 fully saturated rings. The molecule has 0 unspecified atom stereocenters. The SMILES string of the molecule is NOOSc1ccc(NC2CCCCC2)c(N)c1. The molecule has 18 heavy (non-hydrogen) atoms. The third-order valence-electron chi connectivity index (χ3n) is 3.16. The molecule has 100 valence electrons. The van der Waals surface area contributed by atoms with Crippen molar-refractivity contribution >= 4 is 23.4 Å². The first-order valence-electron chi connectivity index (χ1n) is 6.16. The summed E-state index contributed by atoms with van der Waals surface area (Å²) in [6.45, 7) is 0. The largest absolute Gasteiger partial charge is 0.397 e. The molecule has 0 spiro atoms. The van der Waals surface area contributed by atoms with Gasteiger partial charge in [-0.05, 0) is 31.0 Å². The summed E-state index contributed by atoms with van der Waals surface area (Å²) in [7, 11) is 0. The van der Waals surface area contributed by atoms with Gasteiger partial charge in [-0.1, -0.05) is 19.3 Å². The predicted molar refractivity (Wildman–Crippen MR) is 73.6 cm³/mol. The Hall–Kier alpha value is -0.950. The predicted octanol–water partition coefficient (Wildman–Crippen LogP) is 2.84. The zero-order valence-corrected chi connectivity index (χ0v) is 11.0. The molecule has 1 aromatic carbocycles. The Morgan fingerprint density at radius 3 is 2.67 bits per heavy atom. The Morgan fingerprint density at radius 2 is 2.00 bits per heavy atom. The van der Waals surface area contributed by atoms with E-state index in [-0.39, 0.29) is 0 Å². The maximum absolute atomic E-state index is 6.01. The number of hydrogen-bond acceptors (Lipinski definition) is 6. The lowest BCUT2D eigenvalue weighted by Gasteiger charge is -2.24. The van der Waals surface area contributed by atoms with Crippen LogP contribution in [0.3, 0.4) is 0 Å². The Kier molecular flexibility index (Phi) is 5.12. The smallest absolute Gasteiger partial charge is 0.0703 e. The molecule has 0 saturated heterocycles. The molecule has 0 aliphatic heterocycles. The summed E-state index contributed by atoms with van der Waals surface area (Å²) >= 11 is 1.03. The van der Waals surface area contributed by atoms with Crippen molar-refractivity contribution < 1.29 is 9.32 Å². The van der Waals surface area contributed by atoms with Crippen LogP contribution in [0, 0.1) is 0 Å². The highest BCUT2D eigenvalue weighted by Gasteiger charge is 2.14. The number of nitrogens with one attached hydrogen (secondary N) is 1. The fourth-order valence-electron chi connectivity index (χ4n) is 2.25. The van der Waals surface area contributed by atoms with Crippen LogP contribution in [-0.4, -0.2) is 6.04 Å². The summed E-state index contributed by atoms with van der Waals surface area (Å²) < 4.78 is 4.58. The van der Waals surface area contributed by atoms with E-state index in [1.807, 2.05) is 18.2 Å². The van der Waals surface area contributed by atoms with Crippen molar-refractivity contribution in [2.24, 2.45) is 5.90 Å². The van der Waals surface area contributed by atoms with Gasteiger partial charge in [-0.2, -0.15) is 5.90 Å². The van der Waals surface area contributed by atoms with Crippen LogP contribution in [0.5, 0.6) is 0 Å². The van der Waals surface area contributed by atoms with Gasteiger partial charge in [-0.25, -0.2) is 0 Å². The average molecular weight is 269 g/mol. The fourth-order valence-corrected chi connectivity index (χ4v) is 2.67. The summed E-state index contributed by atoms with van der Waals surface area (Å²) in [4.78, 5) is 4.90. The van der Waals surface area contributed by atoms with E-state index in [0.717, 1.165) is 22.6 Å². The van der Waals surface area contributed by atoms with Crippen molar-refractivity contribution in [1.29, 1.82) is 0 Å². The number of rotatable bonds is 5. The van der Waals surface area contributed by atoms with Gasteiger partial charge in [0.2, 0.25) is 0 Å². The molecular formula is C12H19N3O2S. The Bertz CT molecular complexity index is 384. The van der Waals surface area contributed by atoms with Crippen molar-refractivity contribution in [2.45, 2.75) is 43.0 Å². The van der Waals surface area contributed by atoms with E-state index < -0.39 is 0 Å². The van der Waals surface area contributed by atoms with E-state index in [1.54, 1.807) is 0 Å². The van der Waals surface area contributed by atoms with Gasteiger partial charge in [-0.3, -0.25) is 0 Å². The van der Waals surface area contributed by atoms with Crippen LogP contribution in [0.25, 0.3) is 0 Å². The monoisotopic (exact) mass is 269 g/mol. The average Bonchev–Trinajstić information content (AvgIpc) is 2.40. The highest BCUT2D eigenvalue weighted by atomic mass is 32.2. The quantitative estimate of drug-likeness (QED) is 0.330. The van der Waals surface area contributed by atoms with Crippen molar-refractivity contribution in [2.75, 3.05) is 11.1 Å². The minimum Gasteiger partial charge on any atom is -0.397 e. The molecule has 0 radical (unpaired) electrons. The molecule has 0 bridgehead atoms. The standard InChI is InChI=1S/C12H19N3O2S/c13-11-8-10(18-17-16-14)6-7-12(11)15-9-4-2-1-3-5-9/h6-9,15H,1-5,13-14H2. The van der Waals surface area contributed by atoms with Gasteiger partial charge in [0.15, 0.2) is 0 Å². The second-order valence-corrected chi connectivity index (χ2v) is 5.25. The first-order chi connectivity index (χ1) is 8.79. The minimum atomic E-state index is 0.545. The van der Waals surface area contributed by atoms with Crippen LogP contribution in [0.4, 0.5) is 11.4 Å². The van der Waals surface area contributed by atoms with Gasteiger partial charge in [0.25, 0.3) is 0 Å². The van der Waals surface area contributed by atoms with E-state index in [4.69, 9.17) is 11.6 Å². The number of hydrogen-bond donors (Lipinski definition) is 3.